The second-order valence-corrected chi connectivity index (χ2v) is 5.11. The molecule has 1 aliphatic rings. The van der Waals surface area contributed by atoms with Gasteiger partial charge in [-0.3, -0.25) is 4.79 Å². The van der Waals surface area contributed by atoms with Crippen LogP contribution in [0.25, 0.3) is 0 Å². The summed E-state index contributed by atoms with van der Waals surface area (Å²) in [5, 5.41) is 9.01. The number of nitriles is 1. The Morgan fingerprint density at radius 3 is 2.53 bits per heavy atom. The maximum atomic E-state index is 12.8. The monoisotopic (exact) mass is 256 g/mol. The molecule has 1 aromatic rings. The molecule has 1 aliphatic carbocycles. The van der Waals surface area contributed by atoms with Crippen molar-refractivity contribution in [2.45, 2.75) is 38.5 Å². The van der Waals surface area contributed by atoms with Gasteiger partial charge in [0.05, 0.1) is 17.0 Å². The Balaban J connectivity index is 2.37. The van der Waals surface area contributed by atoms with Crippen LogP contribution in [0.5, 0.6) is 0 Å². The zero-order valence-corrected chi connectivity index (χ0v) is 11.6. The Hall–Kier alpha value is -1.82. The first-order valence-electron chi connectivity index (χ1n) is 6.98. The van der Waals surface area contributed by atoms with E-state index in [-0.39, 0.29) is 11.3 Å². The van der Waals surface area contributed by atoms with E-state index in [9.17, 15) is 4.79 Å². The minimum absolute atomic E-state index is 0.221. The minimum Gasteiger partial charge on any atom is -0.342 e. The van der Waals surface area contributed by atoms with Gasteiger partial charge in [-0.1, -0.05) is 18.6 Å². The van der Waals surface area contributed by atoms with E-state index in [0.29, 0.717) is 5.56 Å². The van der Waals surface area contributed by atoms with Crippen LogP contribution < -0.4 is 0 Å². The van der Waals surface area contributed by atoms with E-state index in [0.717, 1.165) is 37.9 Å². The van der Waals surface area contributed by atoms with E-state index in [1.165, 1.54) is 0 Å². The standard InChI is InChI=1S/C16H20N2O/c1-3-18(4-2)15(19)16(9-6-10-16)14-8-5-7-13(11-14)12-17/h5,7-8,11H,3-4,6,9-10H2,1-2H3. The summed E-state index contributed by atoms with van der Waals surface area (Å²) in [6.45, 7) is 5.52. The summed E-state index contributed by atoms with van der Waals surface area (Å²) in [5.41, 5.74) is 1.27. The van der Waals surface area contributed by atoms with Crippen LogP contribution in [0.15, 0.2) is 24.3 Å². The molecular formula is C16H20N2O. The maximum absolute atomic E-state index is 12.8. The summed E-state index contributed by atoms with van der Waals surface area (Å²) in [7, 11) is 0. The lowest BCUT2D eigenvalue weighted by atomic mass is 9.63. The van der Waals surface area contributed by atoms with Crippen LogP contribution in [0.4, 0.5) is 0 Å². The Morgan fingerprint density at radius 1 is 1.37 bits per heavy atom. The third kappa shape index (κ3) is 2.23. The van der Waals surface area contributed by atoms with E-state index >= 15 is 0 Å². The molecule has 100 valence electrons. The van der Waals surface area contributed by atoms with Crippen molar-refractivity contribution in [3.05, 3.63) is 35.4 Å². The molecule has 0 aliphatic heterocycles. The van der Waals surface area contributed by atoms with Crippen molar-refractivity contribution in [3.63, 3.8) is 0 Å². The normalized spacial score (nSPS) is 16.3. The summed E-state index contributed by atoms with van der Waals surface area (Å²) in [4.78, 5) is 14.7. The molecule has 0 radical (unpaired) electrons. The highest BCUT2D eigenvalue weighted by atomic mass is 16.2. The lowest BCUT2D eigenvalue weighted by Crippen LogP contribution is -2.51. The van der Waals surface area contributed by atoms with Crippen molar-refractivity contribution in [2.24, 2.45) is 0 Å². The topological polar surface area (TPSA) is 44.1 Å². The van der Waals surface area contributed by atoms with Crippen molar-refractivity contribution < 1.29 is 4.79 Å². The average molecular weight is 256 g/mol. The van der Waals surface area contributed by atoms with E-state index in [4.69, 9.17) is 5.26 Å². The first kappa shape index (κ1) is 13.6. The molecule has 19 heavy (non-hydrogen) atoms. The third-order valence-electron chi connectivity index (χ3n) is 4.21. The van der Waals surface area contributed by atoms with E-state index in [1.807, 2.05) is 36.9 Å². The molecule has 3 nitrogen and oxygen atoms in total. The Labute approximate surface area is 114 Å². The summed E-state index contributed by atoms with van der Waals surface area (Å²) >= 11 is 0. The van der Waals surface area contributed by atoms with Gasteiger partial charge in [0.25, 0.3) is 0 Å². The van der Waals surface area contributed by atoms with Crippen LogP contribution in [0.3, 0.4) is 0 Å². The van der Waals surface area contributed by atoms with Gasteiger partial charge in [0.1, 0.15) is 0 Å². The number of carbonyl (C=O) groups is 1. The van der Waals surface area contributed by atoms with Gasteiger partial charge in [0, 0.05) is 13.1 Å². The van der Waals surface area contributed by atoms with Crippen LogP contribution >= 0.6 is 0 Å². The Morgan fingerprint density at radius 2 is 2.05 bits per heavy atom. The lowest BCUT2D eigenvalue weighted by Gasteiger charge is -2.43. The molecule has 0 bridgehead atoms. The Kier molecular flexibility index (Phi) is 3.90. The smallest absolute Gasteiger partial charge is 0.233 e. The fraction of sp³-hybridized carbons (Fsp3) is 0.500. The van der Waals surface area contributed by atoms with Crippen LogP contribution in [0, 0.1) is 11.3 Å². The van der Waals surface area contributed by atoms with Crippen molar-refractivity contribution in [1.82, 2.24) is 4.90 Å². The fourth-order valence-corrected chi connectivity index (χ4v) is 2.86. The van der Waals surface area contributed by atoms with Crippen LogP contribution in [-0.2, 0) is 10.2 Å². The molecule has 1 amide bonds. The number of hydrogen-bond acceptors (Lipinski definition) is 2. The van der Waals surface area contributed by atoms with E-state index in [1.54, 1.807) is 6.07 Å². The van der Waals surface area contributed by atoms with Crippen molar-refractivity contribution >= 4 is 5.91 Å². The van der Waals surface area contributed by atoms with Gasteiger partial charge >= 0.3 is 0 Å². The van der Waals surface area contributed by atoms with E-state index in [2.05, 4.69) is 6.07 Å². The third-order valence-corrected chi connectivity index (χ3v) is 4.21. The molecule has 1 saturated carbocycles. The fourth-order valence-electron chi connectivity index (χ4n) is 2.86. The molecule has 0 saturated heterocycles. The molecule has 0 aromatic heterocycles. The van der Waals surface area contributed by atoms with E-state index < -0.39 is 0 Å². The molecule has 2 rings (SSSR count). The predicted molar refractivity (Wildman–Crippen MR) is 74.6 cm³/mol. The first-order chi connectivity index (χ1) is 9.17. The number of nitrogens with zero attached hydrogens (tertiary/aromatic N) is 2. The molecule has 0 atom stereocenters. The van der Waals surface area contributed by atoms with Gasteiger partial charge in [-0.15, -0.1) is 0 Å². The van der Waals surface area contributed by atoms with Gasteiger partial charge in [0.2, 0.25) is 5.91 Å². The summed E-state index contributed by atoms with van der Waals surface area (Å²) in [5.74, 6) is 0.221. The van der Waals surface area contributed by atoms with Gasteiger partial charge < -0.3 is 4.90 Å². The zero-order valence-electron chi connectivity index (χ0n) is 11.6. The maximum Gasteiger partial charge on any atom is 0.233 e. The SMILES string of the molecule is CCN(CC)C(=O)C1(c2cccc(C#N)c2)CCC1. The van der Waals surface area contributed by atoms with Gasteiger partial charge in [-0.25, -0.2) is 0 Å². The summed E-state index contributed by atoms with van der Waals surface area (Å²) in [6, 6.07) is 9.69. The highest BCUT2D eigenvalue weighted by Crippen LogP contribution is 2.45. The highest BCUT2D eigenvalue weighted by molar-refractivity contribution is 5.89. The minimum atomic E-state index is -0.376. The van der Waals surface area contributed by atoms with Crippen molar-refractivity contribution in [1.29, 1.82) is 5.26 Å². The van der Waals surface area contributed by atoms with Crippen molar-refractivity contribution in [2.75, 3.05) is 13.1 Å². The molecular weight excluding hydrogens is 236 g/mol. The van der Waals surface area contributed by atoms with Gasteiger partial charge in [-0.2, -0.15) is 5.26 Å². The number of benzene rings is 1. The second-order valence-electron chi connectivity index (χ2n) is 5.11. The first-order valence-corrected chi connectivity index (χ1v) is 6.98. The second kappa shape index (κ2) is 5.44. The van der Waals surface area contributed by atoms with Crippen LogP contribution in [-0.4, -0.2) is 23.9 Å². The number of amides is 1. The predicted octanol–water partition coefficient (Wildman–Crippen LogP) is 2.85. The quantitative estimate of drug-likeness (QED) is 0.831. The van der Waals surface area contributed by atoms with Crippen LogP contribution in [0.2, 0.25) is 0 Å². The summed E-state index contributed by atoms with van der Waals surface area (Å²) in [6.07, 6.45) is 2.89. The molecule has 1 fully saturated rings. The Bertz CT molecular complexity index is 508. The number of carbonyl (C=O) groups excluding carboxylic acids is 1. The number of likely N-dealkylation sites (N-methyl/N-ethyl adjacent to an activating group) is 1. The van der Waals surface area contributed by atoms with Crippen LogP contribution in [0.1, 0.15) is 44.2 Å². The highest BCUT2D eigenvalue weighted by Gasteiger charge is 2.47. The molecule has 3 heteroatoms. The van der Waals surface area contributed by atoms with Crippen molar-refractivity contribution in [3.8, 4) is 6.07 Å². The number of hydrogen-bond donors (Lipinski definition) is 0. The summed E-state index contributed by atoms with van der Waals surface area (Å²) < 4.78 is 0. The molecule has 1 aromatic carbocycles. The lowest BCUT2D eigenvalue weighted by molar-refractivity contribution is -0.140. The molecule has 0 unspecified atom stereocenters. The average Bonchev–Trinajstić information content (AvgIpc) is 2.39. The van der Waals surface area contributed by atoms with Gasteiger partial charge in [0.15, 0.2) is 0 Å². The zero-order chi connectivity index (χ0) is 13.9. The molecule has 0 heterocycles. The molecule has 0 spiro atoms. The largest absolute Gasteiger partial charge is 0.342 e. The van der Waals surface area contributed by atoms with Gasteiger partial charge in [-0.05, 0) is 44.4 Å². The number of rotatable bonds is 4. The molecule has 0 N–H and O–H groups in total.